The molecule has 4 nitrogen and oxygen atoms in total. The van der Waals surface area contributed by atoms with Gasteiger partial charge < -0.3 is 10.2 Å². The minimum atomic E-state index is -0.786. The number of allylic oxidation sites excluding steroid dienone is 3. The molecule has 148 valence electrons. The van der Waals surface area contributed by atoms with E-state index in [-0.39, 0.29) is 23.7 Å². The van der Waals surface area contributed by atoms with E-state index in [1.807, 2.05) is 18.2 Å². The Morgan fingerprint density at radius 3 is 2.65 bits per heavy atom. The van der Waals surface area contributed by atoms with Gasteiger partial charge in [0.1, 0.15) is 5.78 Å². The monoisotopic (exact) mass is 364 g/mol. The van der Waals surface area contributed by atoms with E-state index in [4.69, 9.17) is 5.11 Å². The molecule has 1 aliphatic carbocycles. The molecule has 0 spiro atoms. The third-order valence-corrected chi connectivity index (χ3v) is 5.51. The maximum Gasteiger partial charge on any atom is 0.303 e. The molecule has 1 unspecified atom stereocenters. The van der Waals surface area contributed by atoms with Gasteiger partial charge in [-0.25, -0.2) is 0 Å². The first-order valence-corrected chi connectivity index (χ1v) is 10.0. The fourth-order valence-electron chi connectivity index (χ4n) is 3.55. The SMILES string of the molecule is CCCCC(C)(C)C(O)/C=C/[C@H]1CCC(=O)[C@H]1CCC=CCCC(=O)O. The number of carboxylic acids is 1. The molecule has 0 aromatic carbocycles. The summed E-state index contributed by atoms with van der Waals surface area (Å²) in [6.45, 7) is 6.34. The van der Waals surface area contributed by atoms with Crippen LogP contribution in [0.25, 0.3) is 0 Å². The lowest BCUT2D eigenvalue weighted by Gasteiger charge is -2.29. The van der Waals surface area contributed by atoms with Crippen LogP contribution < -0.4 is 0 Å². The fourth-order valence-corrected chi connectivity index (χ4v) is 3.55. The minimum absolute atomic E-state index is 0.0290. The number of ketones is 1. The van der Waals surface area contributed by atoms with Crippen molar-refractivity contribution in [1.29, 1.82) is 0 Å². The van der Waals surface area contributed by atoms with Crippen LogP contribution in [0.15, 0.2) is 24.3 Å². The molecule has 26 heavy (non-hydrogen) atoms. The van der Waals surface area contributed by atoms with Crippen LogP contribution in [0, 0.1) is 17.3 Å². The quantitative estimate of drug-likeness (QED) is 0.482. The smallest absolute Gasteiger partial charge is 0.303 e. The molecule has 0 aromatic rings. The molecule has 0 aliphatic heterocycles. The summed E-state index contributed by atoms with van der Waals surface area (Å²) in [5, 5.41) is 19.1. The van der Waals surface area contributed by atoms with Crippen molar-refractivity contribution in [2.75, 3.05) is 0 Å². The zero-order valence-electron chi connectivity index (χ0n) is 16.6. The number of rotatable bonds is 12. The molecular formula is C22H36O4. The Morgan fingerprint density at radius 1 is 1.31 bits per heavy atom. The van der Waals surface area contributed by atoms with Crippen LogP contribution in [0.1, 0.15) is 78.6 Å². The normalized spacial score (nSPS) is 22.5. The average Bonchev–Trinajstić information content (AvgIpc) is 2.93. The molecular weight excluding hydrogens is 328 g/mol. The number of Topliss-reactive ketones (excluding diaryl/α,β-unsaturated/α-hetero) is 1. The van der Waals surface area contributed by atoms with Crippen LogP contribution in [-0.2, 0) is 9.59 Å². The second kappa shape index (κ2) is 11.3. The van der Waals surface area contributed by atoms with Gasteiger partial charge in [0.15, 0.2) is 0 Å². The Balaban J connectivity index is 2.51. The highest BCUT2D eigenvalue weighted by molar-refractivity contribution is 5.83. The summed E-state index contributed by atoms with van der Waals surface area (Å²) < 4.78 is 0. The fraction of sp³-hybridized carbons (Fsp3) is 0.727. The van der Waals surface area contributed by atoms with E-state index in [1.165, 1.54) is 0 Å². The molecule has 0 radical (unpaired) electrons. The second-order valence-electron chi connectivity index (χ2n) is 8.18. The number of carbonyl (C=O) groups excluding carboxylic acids is 1. The van der Waals surface area contributed by atoms with Gasteiger partial charge in [-0.15, -0.1) is 0 Å². The molecule has 2 N–H and O–H groups in total. The lowest BCUT2D eigenvalue weighted by molar-refractivity contribution is -0.136. The Hall–Kier alpha value is -1.42. The highest BCUT2D eigenvalue weighted by atomic mass is 16.4. The first-order valence-electron chi connectivity index (χ1n) is 10.0. The Labute approximate surface area is 158 Å². The van der Waals surface area contributed by atoms with Crippen LogP contribution in [0.2, 0.25) is 0 Å². The maximum atomic E-state index is 12.2. The molecule has 0 saturated heterocycles. The van der Waals surface area contributed by atoms with Crippen LogP contribution in [0.3, 0.4) is 0 Å². The summed E-state index contributed by atoms with van der Waals surface area (Å²) in [5.74, 6) is -0.225. The van der Waals surface area contributed by atoms with Crippen LogP contribution in [-0.4, -0.2) is 28.1 Å². The lowest BCUT2D eigenvalue weighted by Crippen LogP contribution is -2.27. The van der Waals surface area contributed by atoms with Crippen molar-refractivity contribution in [3.8, 4) is 0 Å². The van der Waals surface area contributed by atoms with E-state index >= 15 is 0 Å². The van der Waals surface area contributed by atoms with Gasteiger partial charge in [-0.05, 0) is 43.4 Å². The molecule has 0 amide bonds. The topological polar surface area (TPSA) is 74.6 Å². The zero-order valence-corrected chi connectivity index (χ0v) is 16.6. The largest absolute Gasteiger partial charge is 0.481 e. The molecule has 1 fully saturated rings. The van der Waals surface area contributed by atoms with Crippen molar-refractivity contribution in [3.05, 3.63) is 24.3 Å². The van der Waals surface area contributed by atoms with Gasteiger partial charge in [-0.1, -0.05) is 57.9 Å². The van der Waals surface area contributed by atoms with Crippen molar-refractivity contribution in [1.82, 2.24) is 0 Å². The number of aliphatic hydroxyl groups is 1. The van der Waals surface area contributed by atoms with Gasteiger partial charge in [-0.2, -0.15) is 0 Å². The minimum Gasteiger partial charge on any atom is -0.481 e. The highest BCUT2D eigenvalue weighted by Gasteiger charge is 2.33. The van der Waals surface area contributed by atoms with E-state index in [0.29, 0.717) is 18.6 Å². The predicted octanol–water partition coefficient (Wildman–Crippen LogP) is 4.92. The van der Waals surface area contributed by atoms with Gasteiger partial charge in [0, 0.05) is 18.8 Å². The number of carbonyl (C=O) groups is 2. The van der Waals surface area contributed by atoms with E-state index < -0.39 is 12.1 Å². The third kappa shape index (κ3) is 7.86. The van der Waals surface area contributed by atoms with Gasteiger partial charge in [0.25, 0.3) is 0 Å². The highest BCUT2D eigenvalue weighted by Crippen LogP contribution is 2.35. The van der Waals surface area contributed by atoms with Gasteiger partial charge in [0.05, 0.1) is 6.10 Å². The number of unbranched alkanes of at least 4 members (excludes halogenated alkanes) is 1. The number of aliphatic hydroxyl groups excluding tert-OH is 1. The molecule has 1 saturated carbocycles. The van der Waals surface area contributed by atoms with Crippen LogP contribution >= 0.6 is 0 Å². The molecule has 3 atom stereocenters. The molecule has 1 aliphatic rings. The van der Waals surface area contributed by atoms with Gasteiger partial charge in [0.2, 0.25) is 0 Å². The average molecular weight is 365 g/mol. The summed E-state index contributed by atoms with van der Waals surface area (Å²) in [7, 11) is 0. The van der Waals surface area contributed by atoms with Crippen molar-refractivity contribution >= 4 is 11.8 Å². The van der Waals surface area contributed by atoms with E-state index in [9.17, 15) is 14.7 Å². The van der Waals surface area contributed by atoms with Crippen molar-refractivity contribution in [2.24, 2.45) is 17.3 Å². The summed E-state index contributed by atoms with van der Waals surface area (Å²) in [5.41, 5.74) is -0.141. The van der Waals surface area contributed by atoms with E-state index in [0.717, 1.165) is 38.5 Å². The van der Waals surface area contributed by atoms with E-state index in [2.05, 4.69) is 26.8 Å². The summed E-state index contributed by atoms with van der Waals surface area (Å²) in [6, 6.07) is 0. The molecule has 0 aromatic heterocycles. The maximum absolute atomic E-state index is 12.2. The lowest BCUT2D eigenvalue weighted by atomic mass is 9.80. The zero-order chi connectivity index (χ0) is 19.6. The number of hydrogen-bond acceptors (Lipinski definition) is 3. The van der Waals surface area contributed by atoms with Crippen LogP contribution in [0.4, 0.5) is 0 Å². The summed E-state index contributed by atoms with van der Waals surface area (Å²) in [4.78, 5) is 22.7. The van der Waals surface area contributed by atoms with Gasteiger partial charge >= 0.3 is 5.97 Å². The summed E-state index contributed by atoms with van der Waals surface area (Å²) >= 11 is 0. The Bertz CT molecular complexity index is 504. The second-order valence-corrected chi connectivity index (χ2v) is 8.18. The third-order valence-electron chi connectivity index (χ3n) is 5.51. The Morgan fingerprint density at radius 2 is 2.00 bits per heavy atom. The van der Waals surface area contributed by atoms with Crippen molar-refractivity contribution < 1.29 is 19.8 Å². The first-order chi connectivity index (χ1) is 12.3. The van der Waals surface area contributed by atoms with Crippen molar-refractivity contribution in [2.45, 2.75) is 84.7 Å². The van der Waals surface area contributed by atoms with Crippen LogP contribution in [0.5, 0.6) is 0 Å². The van der Waals surface area contributed by atoms with E-state index in [1.54, 1.807) is 0 Å². The first kappa shape index (κ1) is 22.6. The predicted molar refractivity (Wildman–Crippen MR) is 105 cm³/mol. The molecule has 1 rings (SSSR count). The number of hydrogen-bond donors (Lipinski definition) is 2. The molecule has 0 bridgehead atoms. The molecule has 0 heterocycles. The summed E-state index contributed by atoms with van der Waals surface area (Å²) in [6.07, 6.45) is 14.3. The standard InChI is InChI=1S/C22H36O4/c1-4-5-16-22(2,3)20(24)15-13-17-12-14-19(23)18(17)10-8-6-7-9-11-21(25)26/h6-7,13,15,17-18,20,24H,4-5,8-12,14,16H2,1-3H3,(H,25,26)/b7-6?,15-13+/t17-,18+,20?/m1/s1. The molecule has 4 heteroatoms. The van der Waals surface area contributed by atoms with Crippen molar-refractivity contribution in [3.63, 3.8) is 0 Å². The van der Waals surface area contributed by atoms with Gasteiger partial charge in [-0.3, -0.25) is 9.59 Å². The number of carboxylic acid groups (broad SMARTS) is 1. The number of aliphatic carboxylic acids is 1. The Kier molecular flexibility index (Phi) is 9.85.